The summed E-state index contributed by atoms with van der Waals surface area (Å²) in [5.41, 5.74) is 0.487. The Morgan fingerprint density at radius 1 is 0.409 bits per heavy atom. The Morgan fingerprint density at radius 3 is 0.773 bits per heavy atom. The molecule has 4 heteroatoms. The molecule has 4 nitrogen and oxygen atoms in total. The Balaban J connectivity index is 0.000000393. The lowest BCUT2D eigenvalue weighted by molar-refractivity contribution is -0.150. The summed E-state index contributed by atoms with van der Waals surface area (Å²) in [5.74, 6) is -0.754. The Hall–Kier alpha value is -1.58. The smallest absolute Gasteiger partial charge is 0.333 e. The van der Waals surface area contributed by atoms with E-state index in [1.165, 1.54) is 161 Å². The molecule has 3 rings (SSSR count). The van der Waals surface area contributed by atoms with Gasteiger partial charge in [-0.1, -0.05) is 187 Å². The van der Waals surface area contributed by atoms with Crippen LogP contribution in [0.15, 0.2) is 24.3 Å². The van der Waals surface area contributed by atoms with Crippen LogP contribution >= 0.6 is 0 Å². The maximum atomic E-state index is 11.8. The van der Waals surface area contributed by atoms with Gasteiger partial charge >= 0.3 is 11.9 Å². The van der Waals surface area contributed by atoms with E-state index in [9.17, 15) is 9.59 Å². The van der Waals surface area contributed by atoms with Crippen LogP contribution in [0.5, 0.6) is 0 Å². The summed E-state index contributed by atoms with van der Waals surface area (Å²) >= 11 is 0. The van der Waals surface area contributed by atoms with Crippen LogP contribution in [0.25, 0.3) is 0 Å². The lowest BCUT2D eigenvalue weighted by Gasteiger charge is -2.33. The van der Waals surface area contributed by atoms with E-state index in [4.69, 9.17) is 9.47 Å². The summed E-state index contributed by atoms with van der Waals surface area (Å²) < 4.78 is 10.9. The first kappa shape index (κ1) is 40.4. The quantitative estimate of drug-likeness (QED) is 0.220. The predicted molar refractivity (Wildman–Crippen MR) is 188 cm³/mol. The third-order valence-electron chi connectivity index (χ3n) is 9.63. The van der Waals surface area contributed by atoms with E-state index in [1.807, 2.05) is 0 Å². The van der Waals surface area contributed by atoms with Crippen LogP contribution in [0.1, 0.15) is 200 Å². The van der Waals surface area contributed by atoms with E-state index in [2.05, 4.69) is 13.2 Å². The van der Waals surface area contributed by atoms with Crippen LogP contribution in [0.4, 0.5) is 0 Å². The molecule has 0 bridgehead atoms. The zero-order valence-corrected chi connectivity index (χ0v) is 29.5. The molecule has 0 amide bonds. The molecule has 3 aliphatic rings. The normalized spacial score (nSPS) is 20.9. The van der Waals surface area contributed by atoms with E-state index in [0.29, 0.717) is 11.1 Å². The first-order valence-corrected chi connectivity index (χ1v) is 19.0. The number of carbonyl (C=O) groups is 2. The van der Waals surface area contributed by atoms with E-state index >= 15 is 0 Å². The molecule has 3 saturated carbocycles. The first-order valence-electron chi connectivity index (χ1n) is 19.0. The molecule has 0 aromatic carbocycles. The highest BCUT2D eigenvalue weighted by atomic mass is 16.5. The molecule has 3 aliphatic carbocycles. The van der Waals surface area contributed by atoms with Gasteiger partial charge in [-0.3, -0.25) is 0 Å². The number of carbonyl (C=O) groups excluding carboxylic acids is 2. The van der Waals surface area contributed by atoms with Gasteiger partial charge in [-0.2, -0.15) is 0 Å². The largest absolute Gasteiger partial charge is 0.462 e. The topological polar surface area (TPSA) is 52.6 Å². The second kappa shape index (κ2) is 27.7. The van der Waals surface area contributed by atoms with Crippen molar-refractivity contribution in [2.24, 2.45) is 5.41 Å². The first-order chi connectivity index (χ1) is 21.4. The maximum Gasteiger partial charge on any atom is 0.333 e. The fourth-order valence-corrected chi connectivity index (χ4v) is 6.56. The summed E-state index contributed by atoms with van der Waals surface area (Å²) in [4.78, 5) is 23.6. The second-order valence-corrected chi connectivity index (χ2v) is 14.3. The maximum absolute atomic E-state index is 11.8. The number of hydrogen-bond acceptors (Lipinski definition) is 4. The highest BCUT2D eigenvalue weighted by Crippen LogP contribution is 2.34. The van der Waals surface area contributed by atoms with Crippen molar-refractivity contribution < 1.29 is 19.1 Å². The van der Waals surface area contributed by atoms with Crippen molar-refractivity contribution in [1.82, 2.24) is 0 Å². The fraction of sp³-hybridized carbons (Fsp3) is 0.850. The average Bonchev–Trinajstić information content (AvgIpc) is 3.04. The Morgan fingerprint density at radius 2 is 0.591 bits per heavy atom. The summed E-state index contributed by atoms with van der Waals surface area (Å²) in [6.45, 7) is 11.1. The molecule has 0 spiro atoms. The van der Waals surface area contributed by atoms with E-state index in [0.717, 1.165) is 25.7 Å². The Bertz CT molecular complexity index is 626. The number of esters is 2. The van der Waals surface area contributed by atoms with Gasteiger partial charge in [-0.15, -0.1) is 0 Å². The molecular formula is C40H72O4. The predicted octanol–water partition coefficient (Wildman–Crippen LogP) is 12.5. The lowest BCUT2D eigenvalue weighted by atomic mass is 9.78. The minimum Gasteiger partial charge on any atom is -0.462 e. The van der Waals surface area contributed by atoms with Crippen molar-refractivity contribution in [3.63, 3.8) is 0 Å². The van der Waals surface area contributed by atoms with E-state index < -0.39 is 0 Å². The van der Waals surface area contributed by atoms with Crippen molar-refractivity contribution in [3.05, 3.63) is 24.3 Å². The molecule has 0 aliphatic heterocycles. The van der Waals surface area contributed by atoms with Gasteiger partial charge in [0.1, 0.15) is 13.2 Å². The van der Waals surface area contributed by atoms with Gasteiger partial charge in [0.25, 0.3) is 0 Å². The van der Waals surface area contributed by atoms with Crippen LogP contribution in [0.2, 0.25) is 0 Å². The minimum absolute atomic E-state index is 0.280. The molecule has 44 heavy (non-hydrogen) atoms. The summed E-state index contributed by atoms with van der Waals surface area (Å²) in [7, 11) is 0. The van der Waals surface area contributed by atoms with Crippen LogP contribution in [-0.4, -0.2) is 25.2 Å². The van der Waals surface area contributed by atoms with Gasteiger partial charge in [0.15, 0.2) is 0 Å². The Kier molecular flexibility index (Phi) is 25.5. The van der Waals surface area contributed by atoms with E-state index in [1.54, 1.807) is 13.8 Å². The van der Waals surface area contributed by atoms with Crippen molar-refractivity contribution in [1.29, 1.82) is 0 Å². The van der Waals surface area contributed by atoms with Crippen molar-refractivity contribution in [2.75, 3.05) is 13.2 Å². The second-order valence-electron chi connectivity index (χ2n) is 14.3. The molecule has 0 aromatic heterocycles. The van der Waals surface area contributed by atoms with Crippen LogP contribution in [0, 0.1) is 5.41 Å². The highest BCUT2D eigenvalue weighted by molar-refractivity contribution is 5.87. The van der Waals surface area contributed by atoms with Gasteiger partial charge in [0.2, 0.25) is 0 Å². The third kappa shape index (κ3) is 22.9. The van der Waals surface area contributed by atoms with Gasteiger partial charge < -0.3 is 9.47 Å². The van der Waals surface area contributed by atoms with Gasteiger partial charge in [-0.05, 0) is 26.7 Å². The average molecular weight is 617 g/mol. The third-order valence-corrected chi connectivity index (χ3v) is 9.63. The fourth-order valence-electron chi connectivity index (χ4n) is 6.56. The van der Waals surface area contributed by atoms with Crippen LogP contribution < -0.4 is 0 Å². The highest BCUT2D eigenvalue weighted by Gasteiger charge is 2.33. The molecule has 0 atom stereocenters. The van der Waals surface area contributed by atoms with E-state index in [-0.39, 0.29) is 30.6 Å². The minimum atomic E-state index is -0.377. The summed E-state index contributed by atoms with van der Waals surface area (Å²) in [6.07, 6.45) is 40.1. The van der Waals surface area contributed by atoms with Gasteiger partial charge in [-0.25, -0.2) is 9.59 Å². The molecule has 0 radical (unpaired) electrons. The summed E-state index contributed by atoms with van der Waals surface area (Å²) in [5, 5.41) is 0. The molecule has 256 valence electrons. The molecule has 3 fully saturated rings. The number of hydrogen-bond donors (Lipinski definition) is 0. The standard InChI is InChI=1S/C20H32O4.2C10H20/c1-16(2)18(21)23-14-20(15-24-19(22)17(3)4)12-10-8-6-5-7-9-11-13-20;2*1-2-4-6-8-10-9-7-5-3-1/h1,3,5-15H2,2,4H3;2*1-10H2. The Labute approximate surface area is 273 Å². The number of rotatable bonds is 6. The van der Waals surface area contributed by atoms with Crippen molar-refractivity contribution in [3.8, 4) is 0 Å². The van der Waals surface area contributed by atoms with Gasteiger partial charge in [0, 0.05) is 16.6 Å². The molecular weight excluding hydrogens is 544 g/mol. The van der Waals surface area contributed by atoms with Crippen LogP contribution in [0.3, 0.4) is 0 Å². The summed E-state index contributed by atoms with van der Waals surface area (Å²) in [6, 6.07) is 0. The van der Waals surface area contributed by atoms with Crippen LogP contribution in [-0.2, 0) is 19.1 Å². The molecule has 0 saturated heterocycles. The molecule has 0 unspecified atom stereocenters. The van der Waals surface area contributed by atoms with Crippen molar-refractivity contribution >= 4 is 11.9 Å². The molecule has 0 aromatic rings. The lowest BCUT2D eigenvalue weighted by Crippen LogP contribution is -2.35. The van der Waals surface area contributed by atoms with Crippen molar-refractivity contribution in [2.45, 2.75) is 200 Å². The zero-order valence-electron chi connectivity index (χ0n) is 29.5. The van der Waals surface area contributed by atoms with Gasteiger partial charge in [0.05, 0.1) is 0 Å². The zero-order chi connectivity index (χ0) is 32.1. The molecule has 0 N–H and O–H groups in total. The SMILES string of the molecule is C1CCCCCCCCC1.C1CCCCCCCCC1.C=C(C)C(=O)OCC1(COC(=O)C(=C)C)CCCCCCCCC1. The monoisotopic (exact) mass is 617 g/mol. The number of ether oxygens (including phenoxy) is 2. The molecule has 0 heterocycles.